The van der Waals surface area contributed by atoms with Gasteiger partial charge < -0.3 is 14.8 Å². The average Bonchev–Trinajstić information content (AvgIpc) is 2.88. The second-order valence-corrected chi connectivity index (χ2v) is 4.79. The predicted octanol–water partition coefficient (Wildman–Crippen LogP) is 2.91. The lowest BCUT2D eigenvalue weighted by molar-refractivity contribution is 0.403. The SMILES string of the molecule is CCn1c(N/N=C\c2ccc(O)c(O)c2)nc2ccccc21. The summed E-state index contributed by atoms with van der Waals surface area (Å²) in [5.41, 5.74) is 5.53. The molecule has 0 radical (unpaired) electrons. The Labute approximate surface area is 127 Å². The van der Waals surface area contributed by atoms with Gasteiger partial charge in [0, 0.05) is 6.54 Å². The van der Waals surface area contributed by atoms with Crippen LogP contribution in [0.1, 0.15) is 12.5 Å². The van der Waals surface area contributed by atoms with Crippen LogP contribution in [0.2, 0.25) is 0 Å². The number of hydrazone groups is 1. The monoisotopic (exact) mass is 296 g/mol. The zero-order chi connectivity index (χ0) is 15.5. The Balaban J connectivity index is 1.84. The number of benzene rings is 2. The Morgan fingerprint density at radius 1 is 1.18 bits per heavy atom. The van der Waals surface area contributed by atoms with Crippen molar-refractivity contribution in [1.82, 2.24) is 9.55 Å². The van der Waals surface area contributed by atoms with Crippen LogP contribution < -0.4 is 5.43 Å². The molecule has 6 nitrogen and oxygen atoms in total. The number of hydrogen-bond donors (Lipinski definition) is 3. The van der Waals surface area contributed by atoms with E-state index in [2.05, 4.69) is 15.5 Å². The summed E-state index contributed by atoms with van der Waals surface area (Å²) in [7, 11) is 0. The molecule has 0 bridgehead atoms. The third-order valence-corrected chi connectivity index (χ3v) is 3.35. The first-order chi connectivity index (χ1) is 10.7. The number of para-hydroxylation sites is 2. The van der Waals surface area contributed by atoms with Crippen LogP contribution in [-0.2, 0) is 6.54 Å². The number of imidazole rings is 1. The van der Waals surface area contributed by atoms with E-state index >= 15 is 0 Å². The quantitative estimate of drug-likeness (QED) is 0.393. The van der Waals surface area contributed by atoms with E-state index in [1.54, 1.807) is 12.3 Å². The van der Waals surface area contributed by atoms with E-state index in [1.807, 2.05) is 35.8 Å². The van der Waals surface area contributed by atoms with Crippen LogP contribution in [-0.4, -0.2) is 26.0 Å². The molecule has 0 aliphatic carbocycles. The Bertz CT molecular complexity index is 839. The lowest BCUT2D eigenvalue weighted by atomic mass is 10.2. The van der Waals surface area contributed by atoms with E-state index in [0.717, 1.165) is 17.6 Å². The molecule has 0 saturated heterocycles. The maximum Gasteiger partial charge on any atom is 0.224 e. The van der Waals surface area contributed by atoms with Crippen molar-refractivity contribution in [2.75, 3.05) is 5.43 Å². The molecule has 0 fully saturated rings. The van der Waals surface area contributed by atoms with Crippen molar-refractivity contribution in [3.8, 4) is 11.5 Å². The number of phenolic OH excluding ortho intramolecular Hbond substituents is 2. The first kappa shape index (κ1) is 13.9. The fourth-order valence-electron chi connectivity index (χ4n) is 2.27. The summed E-state index contributed by atoms with van der Waals surface area (Å²) in [5.74, 6) is 0.325. The van der Waals surface area contributed by atoms with Gasteiger partial charge in [-0.3, -0.25) is 0 Å². The molecule has 3 aromatic rings. The van der Waals surface area contributed by atoms with Gasteiger partial charge in [-0.15, -0.1) is 0 Å². The van der Waals surface area contributed by atoms with Crippen LogP contribution in [0.15, 0.2) is 47.6 Å². The molecule has 0 aliphatic heterocycles. The van der Waals surface area contributed by atoms with E-state index in [0.29, 0.717) is 11.5 Å². The summed E-state index contributed by atoms with van der Waals surface area (Å²) in [4.78, 5) is 4.50. The van der Waals surface area contributed by atoms with Crippen LogP contribution in [0.5, 0.6) is 11.5 Å². The summed E-state index contributed by atoms with van der Waals surface area (Å²) in [6, 6.07) is 12.4. The van der Waals surface area contributed by atoms with Crippen LogP contribution in [0.3, 0.4) is 0 Å². The number of nitrogens with zero attached hydrogens (tertiary/aromatic N) is 3. The van der Waals surface area contributed by atoms with Gasteiger partial charge in [-0.2, -0.15) is 5.10 Å². The highest BCUT2D eigenvalue weighted by molar-refractivity contribution is 5.82. The Kier molecular flexibility index (Phi) is 3.65. The van der Waals surface area contributed by atoms with E-state index < -0.39 is 0 Å². The smallest absolute Gasteiger partial charge is 0.224 e. The number of phenols is 2. The fourth-order valence-corrected chi connectivity index (χ4v) is 2.27. The molecule has 112 valence electrons. The maximum absolute atomic E-state index is 9.45. The molecule has 3 rings (SSSR count). The van der Waals surface area contributed by atoms with E-state index in [9.17, 15) is 10.2 Å². The minimum atomic E-state index is -0.176. The van der Waals surface area contributed by atoms with Crippen molar-refractivity contribution in [3.05, 3.63) is 48.0 Å². The Morgan fingerprint density at radius 2 is 2.00 bits per heavy atom. The molecular weight excluding hydrogens is 280 g/mol. The van der Waals surface area contributed by atoms with Crippen molar-refractivity contribution < 1.29 is 10.2 Å². The standard InChI is InChI=1S/C16H16N4O2/c1-2-20-13-6-4-3-5-12(13)18-16(20)19-17-10-11-7-8-14(21)15(22)9-11/h3-10,21-22H,2H2,1H3,(H,18,19)/b17-10-. The predicted molar refractivity (Wildman–Crippen MR) is 86.4 cm³/mol. The van der Waals surface area contributed by atoms with Gasteiger partial charge in [0.2, 0.25) is 5.95 Å². The van der Waals surface area contributed by atoms with Crippen molar-refractivity contribution >= 4 is 23.2 Å². The molecule has 0 unspecified atom stereocenters. The average molecular weight is 296 g/mol. The summed E-state index contributed by atoms with van der Waals surface area (Å²) in [5, 5.41) is 22.9. The first-order valence-electron chi connectivity index (χ1n) is 6.95. The highest BCUT2D eigenvalue weighted by atomic mass is 16.3. The maximum atomic E-state index is 9.45. The Hall–Kier alpha value is -3.02. The van der Waals surface area contributed by atoms with Crippen molar-refractivity contribution in [2.45, 2.75) is 13.5 Å². The van der Waals surface area contributed by atoms with Gasteiger partial charge in [0.05, 0.1) is 17.2 Å². The minimum Gasteiger partial charge on any atom is -0.504 e. The van der Waals surface area contributed by atoms with Gasteiger partial charge in [-0.1, -0.05) is 12.1 Å². The number of fused-ring (bicyclic) bond motifs is 1. The topological polar surface area (TPSA) is 82.7 Å². The highest BCUT2D eigenvalue weighted by Crippen LogP contribution is 2.24. The second-order valence-electron chi connectivity index (χ2n) is 4.79. The van der Waals surface area contributed by atoms with E-state index in [4.69, 9.17) is 0 Å². The van der Waals surface area contributed by atoms with Crippen LogP contribution in [0, 0.1) is 0 Å². The second kappa shape index (κ2) is 5.77. The molecule has 0 saturated carbocycles. The largest absolute Gasteiger partial charge is 0.504 e. The van der Waals surface area contributed by atoms with E-state index in [1.165, 1.54) is 12.1 Å². The highest BCUT2D eigenvalue weighted by Gasteiger charge is 2.07. The van der Waals surface area contributed by atoms with Crippen LogP contribution >= 0.6 is 0 Å². The third kappa shape index (κ3) is 2.58. The van der Waals surface area contributed by atoms with Gasteiger partial charge >= 0.3 is 0 Å². The van der Waals surface area contributed by atoms with Crippen molar-refractivity contribution in [1.29, 1.82) is 0 Å². The molecule has 6 heteroatoms. The summed E-state index contributed by atoms with van der Waals surface area (Å²) in [6.07, 6.45) is 1.55. The summed E-state index contributed by atoms with van der Waals surface area (Å²) in [6.45, 7) is 2.82. The zero-order valence-electron chi connectivity index (χ0n) is 12.1. The van der Waals surface area contributed by atoms with Gasteiger partial charge in [-0.25, -0.2) is 10.4 Å². The van der Waals surface area contributed by atoms with Crippen LogP contribution in [0.4, 0.5) is 5.95 Å². The van der Waals surface area contributed by atoms with Gasteiger partial charge in [0.15, 0.2) is 11.5 Å². The molecule has 1 heterocycles. The normalized spacial score (nSPS) is 11.3. The minimum absolute atomic E-state index is 0.155. The van der Waals surface area contributed by atoms with Crippen molar-refractivity contribution in [3.63, 3.8) is 0 Å². The number of aromatic hydroxyl groups is 2. The first-order valence-corrected chi connectivity index (χ1v) is 6.95. The number of nitrogens with one attached hydrogen (secondary N) is 1. The molecule has 1 aromatic heterocycles. The number of aromatic nitrogens is 2. The lowest BCUT2D eigenvalue weighted by Crippen LogP contribution is -2.01. The summed E-state index contributed by atoms with van der Waals surface area (Å²) >= 11 is 0. The molecule has 0 spiro atoms. The molecule has 0 aliphatic rings. The third-order valence-electron chi connectivity index (χ3n) is 3.35. The number of rotatable bonds is 4. The zero-order valence-corrected chi connectivity index (χ0v) is 12.1. The van der Waals surface area contributed by atoms with Crippen molar-refractivity contribution in [2.24, 2.45) is 5.10 Å². The van der Waals surface area contributed by atoms with Crippen LogP contribution in [0.25, 0.3) is 11.0 Å². The van der Waals surface area contributed by atoms with Gasteiger partial charge in [0.1, 0.15) is 0 Å². The fraction of sp³-hybridized carbons (Fsp3) is 0.125. The molecule has 2 aromatic carbocycles. The van der Waals surface area contributed by atoms with Gasteiger partial charge in [-0.05, 0) is 42.8 Å². The molecule has 3 N–H and O–H groups in total. The Morgan fingerprint density at radius 3 is 2.77 bits per heavy atom. The molecule has 0 amide bonds. The van der Waals surface area contributed by atoms with Gasteiger partial charge in [0.25, 0.3) is 0 Å². The summed E-state index contributed by atoms with van der Waals surface area (Å²) < 4.78 is 2.03. The molecule has 0 atom stereocenters. The molecular formula is C16H16N4O2. The lowest BCUT2D eigenvalue weighted by Gasteiger charge is -2.04. The number of aryl methyl sites for hydroxylation is 1. The number of hydrogen-bond acceptors (Lipinski definition) is 5. The number of anilines is 1. The van der Waals surface area contributed by atoms with E-state index in [-0.39, 0.29) is 11.5 Å². The molecule has 22 heavy (non-hydrogen) atoms.